The van der Waals surface area contributed by atoms with Crippen LogP contribution in [-0.2, 0) is 0 Å². The van der Waals surface area contributed by atoms with E-state index >= 15 is 0 Å². The molecular formula is C13H11N3O. The predicted molar refractivity (Wildman–Crippen MR) is 64.8 cm³/mol. The van der Waals surface area contributed by atoms with Crippen molar-refractivity contribution in [3.63, 3.8) is 0 Å². The lowest BCUT2D eigenvalue weighted by Gasteiger charge is -2.07. The number of nitrogens with zero attached hydrogens (tertiary/aromatic N) is 2. The number of aromatic nitrogens is 2. The first-order chi connectivity index (χ1) is 8.26. The van der Waals surface area contributed by atoms with Crippen molar-refractivity contribution in [2.24, 2.45) is 0 Å². The van der Waals surface area contributed by atoms with Gasteiger partial charge in [0.2, 0.25) is 0 Å². The number of methoxy groups -OCH3 is 1. The Morgan fingerprint density at radius 3 is 2.53 bits per heavy atom. The standard InChI is InChI=1S/C13H11N3O/c1-8-13(16-12-7-11(12)14-8)15-9-3-5-10(17-2)6-4-9/h3-6H,1-2H3,(H,15,16). The van der Waals surface area contributed by atoms with E-state index in [1.165, 1.54) is 0 Å². The van der Waals surface area contributed by atoms with Crippen molar-refractivity contribution in [1.29, 1.82) is 0 Å². The quantitative estimate of drug-likeness (QED) is 0.709. The van der Waals surface area contributed by atoms with Gasteiger partial charge in [-0.2, -0.15) is 0 Å². The topological polar surface area (TPSA) is 47.0 Å². The zero-order chi connectivity index (χ0) is 11.8. The van der Waals surface area contributed by atoms with Gasteiger partial charge in [0.15, 0.2) is 5.82 Å². The minimum atomic E-state index is 0.777. The lowest BCUT2D eigenvalue weighted by Crippen LogP contribution is -2.19. The van der Waals surface area contributed by atoms with Crippen molar-refractivity contribution in [3.8, 4) is 5.75 Å². The van der Waals surface area contributed by atoms with E-state index in [1.807, 2.05) is 31.2 Å². The molecule has 0 aliphatic heterocycles. The summed E-state index contributed by atoms with van der Waals surface area (Å²) in [4.78, 5) is 8.72. The van der Waals surface area contributed by atoms with E-state index in [-0.39, 0.29) is 0 Å². The van der Waals surface area contributed by atoms with Crippen molar-refractivity contribution < 1.29 is 4.74 Å². The molecule has 0 saturated carbocycles. The van der Waals surface area contributed by atoms with Gasteiger partial charge >= 0.3 is 0 Å². The number of nitrogens with one attached hydrogen (secondary N) is 1. The van der Waals surface area contributed by atoms with E-state index < -0.39 is 0 Å². The molecule has 0 fully saturated rings. The molecule has 0 saturated heterocycles. The normalized spacial score (nSPS) is 10.9. The molecule has 1 aromatic carbocycles. The van der Waals surface area contributed by atoms with Gasteiger partial charge in [-0.05, 0) is 31.2 Å². The highest BCUT2D eigenvalue weighted by molar-refractivity contribution is 5.59. The molecule has 0 unspecified atom stereocenters. The van der Waals surface area contributed by atoms with E-state index in [0.717, 1.165) is 33.6 Å². The Balaban J connectivity index is 1.87. The van der Waals surface area contributed by atoms with Crippen LogP contribution in [-0.4, -0.2) is 17.1 Å². The van der Waals surface area contributed by atoms with Crippen molar-refractivity contribution in [2.75, 3.05) is 12.4 Å². The molecule has 0 amide bonds. The Kier molecular flexibility index (Phi) is 2.10. The van der Waals surface area contributed by atoms with Crippen LogP contribution in [0.4, 0.5) is 11.5 Å². The van der Waals surface area contributed by atoms with Gasteiger partial charge < -0.3 is 10.1 Å². The molecule has 0 radical (unpaired) electrons. The van der Waals surface area contributed by atoms with Crippen molar-refractivity contribution in [1.82, 2.24) is 9.97 Å². The third kappa shape index (κ3) is 1.86. The molecule has 1 heterocycles. The maximum atomic E-state index is 5.10. The number of ether oxygens (including phenoxy) is 1. The zero-order valence-corrected chi connectivity index (χ0v) is 9.61. The molecule has 1 aliphatic rings. The predicted octanol–water partition coefficient (Wildman–Crippen LogP) is 0.602. The second-order valence-corrected chi connectivity index (χ2v) is 3.83. The summed E-state index contributed by atoms with van der Waals surface area (Å²) < 4.78 is 5.10. The maximum absolute atomic E-state index is 5.10. The number of anilines is 2. The Morgan fingerprint density at radius 2 is 1.82 bits per heavy atom. The molecule has 1 N–H and O–H groups in total. The summed E-state index contributed by atoms with van der Waals surface area (Å²) >= 11 is 0. The van der Waals surface area contributed by atoms with Crippen LogP contribution in [0.3, 0.4) is 0 Å². The summed E-state index contributed by atoms with van der Waals surface area (Å²) in [5, 5.41) is 4.96. The van der Waals surface area contributed by atoms with E-state index in [0.29, 0.717) is 0 Å². The van der Waals surface area contributed by atoms with E-state index in [1.54, 1.807) is 7.11 Å². The lowest BCUT2D eigenvalue weighted by molar-refractivity contribution is 0.415. The van der Waals surface area contributed by atoms with Crippen LogP contribution in [0.25, 0.3) is 5.73 Å². The fourth-order valence-electron chi connectivity index (χ4n) is 1.59. The van der Waals surface area contributed by atoms with Gasteiger partial charge in [-0.25, -0.2) is 9.97 Å². The Morgan fingerprint density at radius 1 is 1.12 bits per heavy atom. The minimum Gasteiger partial charge on any atom is -0.497 e. The second kappa shape index (κ2) is 3.61. The molecule has 17 heavy (non-hydrogen) atoms. The first kappa shape index (κ1) is 9.87. The molecule has 84 valence electrons. The van der Waals surface area contributed by atoms with E-state index in [4.69, 9.17) is 4.74 Å². The van der Waals surface area contributed by atoms with Crippen LogP contribution in [0, 0.1) is 6.92 Å². The molecule has 4 nitrogen and oxygen atoms in total. The molecule has 1 aliphatic carbocycles. The Bertz CT molecular complexity index is 701. The SMILES string of the molecule is COc1ccc(Nc2nc3c(nc2C)=C=3)cc1. The average molecular weight is 225 g/mol. The monoisotopic (exact) mass is 225 g/mol. The molecule has 1 aromatic heterocycles. The number of aryl methyl sites for hydroxylation is 1. The van der Waals surface area contributed by atoms with Gasteiger partial charge in [0.1, 0.15) is 16.4 Å². The number of hydrogen-bond donors (Lipinski definition) is 1. The molecule has 0 spiro atoms. The second-order valence-electron chi connectivity index (χ2n) is 3.83. The third-order valence-corrected chi connectivity index (χ3v) is 2.60. The molecule has 0 bridgehead atoms. The highest BCUT2D eigenvalue weighted by Gasteiger charge is 2.07. The van der Waals surface area contributed by atoms with Gasteiger partial charge in [0.05, 0.1) is 12.8 Å². The lowest BCUT2D eigenvalue weighted by atomic mass is 10.3. The maximum Gasteiger partial charge on any atom is 0.153 e. The van der Waals surface area contributed by atoms with Gasteiger partial charge in [-0.3, -0.25) is 0 Å². The summed E-state index contributed by atoms with van der Waals surface area (Å²) in [6.07, 6.45) is 0. The summed E-state index contributed by atoms with van der Waals surface area (Å²) in [7, 11) is 1.65. The van der Waals surface area contributed by atoms with Crippen LogP contribution in [0.5, 0.6) is 5.75 Å². The first-order valence-electron chi connectivity index (χ1n) is 5.33. The minimum absolute atomic E-state index is 0.777. The van der Waals surface area contributed by atoms with Gasteiger partial charge in [0.25, 0.3) is 0 Å². The van der Waals surface area contributed by atoms with Gasteiger partial charge in [-0.1, -0.05) is 5.73 Å². The number of benzene rings is 1. The van der Waals surface area contributed by atoms with Crippen LogP contribution in [0.1, 0.15) is 5.69 Å². The summed E-state index contributed by atoms with van der Waals surface area (Å²) in [6.45, 7) is 1.93. The third-order valence-electron chi connectivity index (χ3n) is 2.60. The van der Waals surface area contributed by atoms with Gasteiger partial charge in [-0.15, -0.1) is 0 Å². The van der Waals surface area contributed by atoms with Crippen LogP contribution >= 0.6 is 0 Å². The van der Waals surface area contributed by atoms with E-state index in [2.05, 4.69) is 21.0 Å². The number of fused-ring (bicyclic) bond motifs is 1. The van der Waals surface area contributed by atoms with Crippen LogP contribution in [0.2, 0.25) is 0 Å². The smallest absolute Gasteiger partial charge is 0.153 e. The average Bonchev–Trinajstić information content (AvgIpc) is 3.08. The Hall–Kier alpha value is -2.32. The fraction of sp³-hybridized carbons (Fsp3) is 0.154. The number of rotatable bonds is 3. The van der Waals surface area contributed by atoms with Crippen molar-refractivity contribution in [2.45, 2.75) is 6.92 Å². The van der Waals surface area contributed by atoms with Crippen molar-refractivity contribution >= 4 is 17.2 Å². The summed E-state index contributed by atoms with van der Waals surface area (Å²) in [5.74, 6) is 1.61. The zero-order valence-electron chi connectivity index (χ0n) is 9.61. The molecule has 0 atom stereocenters. The molecule has 4 heteroatoms. The fourth-order valence-corrected chi connectivity index (χ4v) is 1.59. The largest absolute Gasteiger partial charge is 0.497 e. The summed E-state index contributed by atoms with van der Waals surface area (Å²) in [6, 6.07) is 7.69. The van der Waals surface area contributed by atoms with E-state index in [9.17, 15) is 0 Å². The Labute approximate surface area is 98.3 Å². The van der Waals surface area contributed by atoms with Gasteiger partial charge in [0, 0.05) is 5.69 Å². The molecule has 3 rings (SSSR count). The highest BCUT2D eigenvalue weighted by atomic mass is 16.5. The van der Waals surface area contributed by atoms with Crippen molar-refractivity contribution in [3.05, 3.63) is 40.7 Å². The number of hydrogen-bond acceptors (Lipinski definition) is 4. The molecular weight excluding hydrogens is 214 g/mol. The molecule has 2 aromatic rings. The highest BCUT2D eigenvalue weighted by Crippen LogP contribution is 2.18. The first-order valence-corrected chi connectivity index (χ1v) is 5.33. The van der Waals surface area contributed by atoms with Crippen LogP contribution in [0.15, 0.2) is 24.3 Å². The summed E-state index contributed by atoms with van der Waals surface area (Å²) in [5.41, 5.74) is 4.83. The van der Waals surface area contributed by atoms with Crippen LogP contribution < -0.4 is 20.8 Å².